The van der Waals surface area contributed by atoms with E-state index in [1.807, 2.05) is 43.3 Å². The SMILES string of the molecule is Cc1nc(CN2CCC(C(=O)Nc3cccc(OCc4cccnc4)c3)CC2)cs1. The van der Waals surface area contributed by atoms with Crippen LogP contribution in [0.5, 0.6) is 5.75 Å². The standard InChI is InChI=1S/C23H26N4O2S/c1-17-25-21(16-30-17)14-27-10-7-19(8-11-27)23(28)26-20-5-2-6-22(12-20)29-15-18-4-3-9-24-13-18/h2-6,9,12-13,16,19H,7-8,10-11,14-15H2,1H3,(H,26,28). The van der Waals surface area contributed by atoms with Gasteiger partial charge in [-0.3, -0.25) is 14.7 Å². The molecule has 0 spiro atoms. The number of piperidine rings is 1. The summed E-state index contributed by atoms with van der Waals surface area (Å²) >= 11 is 1.69. The Morgan fingerprint density at radius 1 is 1.27 bits per heavy atom. The largest absolute Gasteiger partial charge is 0.489 e. The van der Waals surface area contributed by atoms with Gasteiger partial charge >= 0.3 is 0 Å². The highest BCUT2D eigenvalue weighted by Gasteiger charge is 2.25. The number of nitrogens with one attached hydrogen (secondary N) is 1. The van der Waals surface area contributed by atoms with E-state index in [-0.39, 0.29) is 11.8 Å². The summed E-state index contributed by atoms with van der Waals surface area (Å²) in [6, 6.07) is 11.4. The van der Waals surface area contributed by atoms with Crippen LogP contribution in [-0.4, -0.2) is 33.9 Å². The Labute approximate surface area is 180 Å². The van der Waals surface area contributed by atoms with Gasteiger partial charge in [-0.15, -0.1) is 11.3 Å². The molecule has 1 aliphatic rings. The summed E-state index contributed by atoms with van der Waals surface area (Å²) in [7, 11) is 0. The monoisotopic (exact) mass is 422 g/mol. The second-order valence-electron chi connectivity index (χ2n) is 7.58. The zero-order valence-corrected chi connectivity index (χ0v) is 17.9. The Hall–Kier alpha value is -2.77. The number of carbonyl (C=O) groups is 1. The van der Waals surface area contributed by atoms with Crippen LogP contribution in [0.3, 0.4) is 0 Å². The average Bonchev–Trinajstić information content (AvgIpc) is 3.18. The van der Waals surface area contributed by atoms with Gasteiger partial charge < -0.3 is 10.1 Å². The minimum absolute atomic E-state index is 0.0402. The lowest BCUT2D eigenvalue weighted by Gasteiger charge is -2.30. The van der Waals surface area contributed by atoms with E-state index in [0.717, 1.165) is 60.2 Å². The summed E-state index contributed by atoms with van der Waals surface area (Å²) in [5.41, 5.74) is 2.90. The molecule has 30 heavy (non-hydrogen) atoms. The Morgan fingerprint density at radius 2 is 2.13 bits per heavy atom. The first-order valence-corrected chi connectivity index (χ1v) is 11.1. The molecule has 1 N–H and O–H groups in total. The van der Waals surface area contributed by atoms with Gasteiger partial charge in [-0.25, -0.2) is 4.98 Å². The predicted molar refractivity (Wildman–Crippen MR) is 118 cm³/mol. The van der Waals surface area contributed by atoms with Crippen molar-refractivity contribution in [1.82, 2.24) is 14.9 Å². The maximum atomic E-state index is 12.7. The number of nitrogens with zero attached hydrogens (tertiary/aromatic N) is 3. The summed E-state index contributed by atoms with van der Waals surface area (Å²) < 4.78 is 5.83. The molecule has 6 nitrogen and oxygen atoms in total. The number of hydrogen-bond donors (Lipinski definition) is 1. The van der Waals surface area contributed by atoms with Crippen molar-refractivity contribution in [1.29, 1.82) is 0 Å². The van der Waals surface area contributed by atoms with Gasteiger partial charge in [0.2, 0.25) is 5.91 Å². The van der Waals surface area contributed by atoms with E-state index in [9.17, 15) is 4.79 Å². The molecule has 1 saturated heterocycles. The Bertz CT molecular complexity index is 968. The quantitative estimate of drug-likeness (QED) is 0.616. The van der Waals surface area contributed by atoms with E-state index in [1.54, 1.807) is 23.7 Å². The minimum Gasteiger partial charge on any atom is -0.489 e. The highest BCUT2D eigenvalue weighted by Crippen LogP contribution is 2.23. The van der Waals surface area contributed by atoms with E-state index in [1.165, 1.54) is 0 Å². The number of thiazole rings is 1. The molecule has 1 aliphatic heterocycles. The number of amides is 1. The molecule has 0 unspecified atom stereocenters. The Morgan fingerprint density at radius 3 is 2.87 bits per heavy atom. The molecule has 0 atom stereocenters. The van der Waals surface area contributed by atoms with E-state index < -0.39 is 0 Å². The molecule has 7 heteroatoms. The number of hydrogen-bond acceptors (Lipinski definition) is 6. The van der Waals surface area contributed by atoms with Crippen molar-refractivity contribution in [2.45, 2.75) is 32.9 Å². The molecule has 3 aromatic rings. The van der Waals surface area contributed by atoms with Crippen LogP contribution in [0.1, 0.15) is 29.1 Å². The molecule has 1 fully saturated rings. The molecule has 2 aromatic heterocycles. The number of pyridine rings is 1. The average molecular weight is 423 g/mol. The summed E-state index contributed by atoms with van der Waals surface area (Å²) in [4.78, 5) is 23.7. The van der Waals surface area contributed by atoms with Crippen LogP contribution in [0.15, 0.2) is 54.2 Å². The van der Waals surface area contributed by atoms with Crippen molar-refractivity contribution in [2.75, 3.05) is 18.4 Å². The Balaban J connectivity index is 1.26. The van der Waals surface area contributed by atoms with Crippen molar-refractivity contribution in [3.63, 3.8) is 0 Å². The number of aryl methyl sites for hydroxylation is 1. The summed E-state index contributed by atoms with van der Waals surface area (Å²) in [6.45, 7) is 5.19. The number of anilines is 1. The molecule has 1 aromatic carbocycles. The third-order valence-electron chi connectivity index (χ3n) is 5.24. The minimum atomic E-state index is 0.0402. The van der Waals surface area contributed by atoms with Crippen molar-refractivity contribution < 1.29 is 9.53 Å². The summed E-state index contributed by atoms with van der Waals surface area (Å²) in [5.74, 6) is 0.854. The van der Waals surface area contributed by atoms with Crippen LogP contribution >= 0.6 is 11.3 Å². The van der Waals surface area contributed by atoms with Crippen LogP contribution < -0.4 is 10.1 Å². The predicted octanol–water partition coefficient (Wildman–Crippen LogP) is 4.28. The third-order valence-corrected chi connectivity index (χ3v) is 6.06. The highest BCUT2D eigenvalue weighted by molar-refractivity contribution is 7.09. The van der Waals surface area contributed by atoms with E-state index in [0.29, 0.717) is 6.61 Å². The zero-order chi connectivity index (χ0) is 20.8. The molecule has 0 aliphatic carbocycles. The molecule has 1 amide bonds. The third kappa shape index (κ3) is 5.64. The molecule has 0 saturated carbocycles. The normalized spacial score (nSPS) is 15.1. The van der Waals surface area contributed by atoms with Gasteiger partial charge in [0.1, 0.15) is 12.4 Å². The molecular weight excluding hydrogens is 396 g/mol. The number of ether oxygens (including phenoxy) is 1. The maximum absolute atomic E-state index is 12.7. The topological polar surface area (TPSA) is 67.4 Å². The Kier molecular flexibility index (Phi) is 6.71. The van der Waals surface area contributed by atoms with Crippen LogP contribution in [0, 0.1) is 12.8 Å². The van der Waals surface area contributed by atoms with Crippen LogP contribution in [0.4, 0.5) is 5.69 Å². The summed E-state index contributed by atoms with van der Waals surface area (Å²) in [5, 5.41) is 6.28. The van der Waals surface area contributed by atoms with Gasteiger partial charge in [-0.05, 0) is 51.1 Å². The molecular formula is C23H26N4O2S. The first kappa shape index (κ1) is 20.5. The van der Waals surface area contributed by atoms with Gasteiger partial charge in [0.15, 0.2) is 0 Å². The van der Waals surface area contributed by atoms with E-state index in [4.69, 9.17) is 4.74 Å². The van der Waals surface area contributed by atoms with Crippen molar-refractivity contribution in [2.24, 2.45) is 5.92 Å². The maximum Gasteiger partial charge on any atom is 0.227 e. The van der Waals surface area contributed by atoms with Crippen molar-refractivity contribution >= 4 is 22.9 Å². The first-order chi connectivity index (χ1) is 14.7. The zero-order valence-electron chi connectivity index (χ0n) is 17.1. The molecule has 156 valence electrons. The summed E-state index contributed by atoms with van der Waals surface area (Å²) in [6.07, 6.45) is 5.26. The lowest BCUT2D eigenvalue weighted by Crippen LogP contribution is -2.37. The molecule has 0 bridgehead atoms. The van der Waals surface area contributed by atoms with Crippen LogP contribution in [-0.2, 0) is 17.9 Å². The van der Waals surface area contributed by atoms with Gasteiger partial charge in [-0.2, -0.15) is 0 Å². The fraction of sp³-hybridized carbons (Fsp3) is 0.348. The molecule has 3 heterocycles. The first-order valence-electron chi connectivity index (χ1n) is 10.2. The smallest absolute Gasteiger partial charge is 0.227 e. The van der Waals surface area contributed by atoms with Gasteiger partial charge in [0.25, 0.3) is 0 Å². The molecule has 0 radical (unpaired) electrons. The fourth-order valence-corrected chi connectivity index (χ4v) is 4.23. The number of carbonyl (C=O) groups excluding carboxylic acids is 1. The second-order valence-corrected chi connectivity index (χ2v) is 8.64. The highest BCUT2D eigenvalue weighted by atomic mass is 32.1. The van der Waals surface area contributed by atoms with Crippen LogP contribution in [0.25, 0.3) is 0 Å². The molecule has 4 rings (SSSR count). The van der Waals surface area contributed by atoms with Gasteiger partial charge in [0, 0.05) is 47.6 Å². The number of benzene rings is 1. The lowest BCUT2D eigenvalue weighted by atomic mass is 9.95. The lowest BCUT2D eigenvalue weighted by molar-refractivity contribution is -0.121. The van der Waals surface area contributed by atoms with E-state index in [2.05, 4.69) is 25.6 Å². The number of aromatic nitrogens is 2. The number of likely N-dealkylation sites (tertiary alicyclic amines) is 1. The fourth-order valence-electron chi connectivity index (χ4n) is 3.62. The van der Waals surface area contributed by atoms with E-state index >= 15 is 0 Å². The van der Waals surface area contributed by atoms with Crippen LogP contribution in [0.2, 0.25) is 0 Å². The second kappa shape index (κ2) is 9.82. The van der Waals surface area contributed by atoms with Gasteiger partial charge in [-0.1, -0.05) is 12.1 Å². The van der Waals surface area contributed by atoms with Gasteiger partial charge in [0.05, 0.1) is 10.7 Å². The van der Waals surface area contributed by atoms with Crippen molar-refractivity contribution in [3.8, 4) is 5.75 Å². The number of rotatable bonds is 7. The van der Waals surface area contributed by atoms with Crippen molar-refractivity contribution in [3.05, 3.63) is 70.4 Å².